The van der Waals surface area contributed by atoms with E-state index in [1.807, 2.05) is 6.07 Å². The molecule has 0 aliphatic heterocycles. The van der Waals surface area contributed by atoms with Gasteiger partial charge < -0.3 is 5.32 Å². The van der Waals surface area contributed by atoms with Gasteiger partial charge in [0.15, 0.2) is 0 Å². The molecule has 0 saturated heterocycles. The van der Waals surface area contributed by atoms with Crippen LogP contribution >= 0.6 is 11.3 Å². The molecule has 0 bridgehead atoms. The van der Waals surface area contributed by atoms with Crippen LogP contribution in [0.3, 0.4) is 0 Å². The smallest absolute Gasteiger partial charge is 0.245 e. The molecule has 8 heteroatoms. The highest BCUT2D eigenvalue weighted by atomic mass is 32.2. The van der Waals surface area contributed by atoms with E-state index in [1.165, 1.54) is 11.3 Å². The average Bonchev–Trinajstić information content (AvgIpc) is 2.91. The van der Waals surface area contributed by atoms with Crippen LogP contribution in [0.5, 0.6) is 0 Å². The lowest BCUT2D eigenvalue weighted by Gasteiger charge is -2.23. The number of nitrogens with zero attached hydrogens (tertiary/aromatic N) is 2. The second-order valence-electron chi connectivity index (χ2n) is 4.88. The molecular formula is C15H15N3O3S2. The number of nitrogens with one attached hydrogen (secondary N) is 1. The van der Waals surface area contributed by atoms with Gasteiger partial charge >= 0.3 is 0 Å². The number of carbonyl (C=O) groups is 1. The summed E-state index contributed by atoms with van der Waals surface area (Å²) >= 11 is 1.21. The Bertz CT molecular complexity index is 866. The van der Waals surface area contributed by atoms with Crippen LogP contribution in [0.4, 0.5) is 10.7 Å². The Morgan fingerprint density at radius 1 is 1.35 bits per heavy atom. The van der Waals surface area contributed by atoms with Crippen LogP contribution in [0.25, 0.3) is 0 Å². The number of rotatable bonds is 5. The van der Waals surface area contributed by atoms with Gasteiger partial charge in [-0.2, -0.15) is 5.26 Å². The maximum Gasteiger partial charge on any atom is 0.245 e. The molecular weight excluding hydrogens is 334 g/mol. The van der Waals surface area contributed by atoms with Gasteiger partial charge in [0.1, 0.15) is 17.6 Å². The Labute approximate surface area is 139 Å². The zero-order chi connectivity index (χ0) is 17.0. The Morgan fingerprint density at radius 3 is 2.65 bits per heavy atom. The van der Waals surface area contributed by atoms with Gasteiger partial charge in [-0.3, -0.25) is 9.10 Å². The van der Waals surface area contributed by atoms with Crippen molar-refractivity contribution >= 4 is 38.0 Å². The van der Waals surface area contributed by atoms with Gasteiger partial charge in [-0.25, -0.2) is 8.42 Å². The number of anilines is 2. The molecule has 0 fully saturated rings. The first-order chi connectivity index (χ1) is 10.8. The second-order valence-corrected chi connectivity index (χ2v) is 7.70. The summed E-state index contributed by atoms with van der Waals surface area (Å²) in [7, 11) is -3.62. The van der Waals surface area contributed by atoms with Crippen molar-refractivity contribution in [3.8, 4) is 6.07 Å². The van der Waals surface area contributed by atoms with Gasteiger partial charge in [-0.1, -0.05) is 18.2 Å². The van der Waals surface area contributed by atoms with Gasteiger partial charge in [-0.15, -0.1) is 11.3 Å². The van der Waals surface area contributed by atoms with Gasteiger partial charge in [0.2, 0.25) is 15.9 Å². The number of nitriles is 1. The number of amides is 1. The molecule has 0 atom stereocenters. The molecule has 0 unspecified atom stereocenters. The molecule has 0 aliphatic carbocycles. The predicted octanol–water partition coefficient (Wildman–Crippen LogP) is 2.33. The van der Waals surface area contributed by atoms with Crippen LogP contribution in [0.15, 0.2) is 35.7 Å². The molecule has 120 valence electrons. The quantitative estimate of drug-likeness (QED) is 0.897. The lowest BCUT2D eigenvalue weighted by Crippen LogP contribution is -2.37. The van der Waals surface area contributed by atoms with E-state index in [0.29, 0.717) is 16.3 Å². The van der Waals surface area contributed by atoms with Crippen molar-refractivity contribution in [3.05, 3.63) is 46.8 Å². The zero-order valence-corrected chi connectivity index (χ0v) is 14.2. The number of aryl methyl sites for hydroxylation is 1. The highest BCUT2D eigenvalue weighted by Gasteiger charge is 2.22. The molecule has 0 radical (unpaired) electrons. The molecule has 1 aromatic carbocycles. The third-order valence-electron chi connectivity index (χ3n) is 3.11. The monoisotopic (exact) mass is 349 g/mol. The lowest BCUT2D eigenvalue weighted by molar-refractivity contribution is -0.114. The van der Waals surface area contributed by atoms with Crippen molar-refractivity contribution in [2.24, 2.45) is 0 Å². The third-order valence-corrected chi connectivity index (χ3v) is 5.07. The minimum absolute atomic E-state index is 0.352. The summed E-state index contributed by atoms with van der Waals surface area (Å²) in [4.78, 5) is 12.2. The van der Waals surface area contributed by atoms with E-state index >= 15 is 0 Å². The third kappa shape index (κ3) is 4.09. The maximum absolute atomic E-state index is 12.2. The van der Waals surface area contributed by atoms with Crippen molar-refractivity contribution in [1.82, 2.24) is 0 Å². The van der Waals surface area contributed by atoms with Gasteiger partial charge in [0, 0.05) is 0 Å². The number of hydrogen-bond donors (Lipinski definition) is 1. The first-order valence-corrected chi connectivity index (χ1v) is 9.36. The van der Waals surface area contributed by atoms with Crippen molar-refractivity contribution in [1.29, 1.82) is 5.26 Å². The van der Waals surface area contributed by atoms with Crippen LogP contribution < -0.4 is 9.62 Å². The summed E-state index contributed by atoms with van der Waals surface area (Å²) in [6.45, 7) is 1.42. The van der Waals surface area contributed by atoms with Crippen LogP contribution in [-0.4, -0.2) is 27.1 Å². The first-order valence-electron chi connectivity index (χ1n) is 6.63. The number of carbonyl (C=O) groups excluding carboxylic acids is 1. The van der Waals surface area contributed by atoms with E-state index in [-0.39, 0.29) is 6.54 Å². The molecule has 0 aliphatic rings. The number of benzene rings is 1. The standard InChI is InChI=1S/C15H15N3O3S2/c1-11-5-3-4-6-13(11)18(23(2,20)21)10-14(19)17-15-12(9-16)7-8-22-15/h3-8H,10H2,1-2H3,(H,17,19). The number of hydrogen-bond acceptors (Lipinski definition) is 5. The maximum atomic E-state index is 12.2. The van der Waals surface area contributed by atoms with Gasteiger partial charge in [0.25, 0.3) is 0 Å². The summed E-state index contributed by atoms with van der Waals surface area (Å²) in [5.74, 6) is -0.502. The minimum Gasteiger partial charge on any atom is -0.315 e. The van der Waals surface area contributed by atoms with Crippen molar-refractivity contribution < 1.29 is 13.2 Å². The topological polar surface area (TPSA) is 90.3 Å². The molecule has 1 aromatic heterocycles. The molecule has 1 N–H and O–H groups in total. The molecule has 1 heterocycles. The molecule has 2 aromatic rings. The summed E-state index contributed by atoms with van der Waals surface area (Å²) in [5, 5.41) is 13.6. The zero-order valence-electron chi connectivity index (χ0n) is 12.6. The summed E-state index contributed by atoms with van der Waals surface area (Å²) in [5.41, 5.74) is 1.56. The fourth-order valence-electron chi connectivity index (χ4n) is 2.02. The molecule has 0 spiro atoms. The fourth-order valence-corrected chi connectivity index (χ4v) is 3.68. The number of thiophene rings is 1. The molecule has 23 heavy (non-hydrogen) atoms. The minimum atomic E-state index is -3.62. The lowest BCUT2D eigenvalue weighted by atomic mass is 10.2. The van der Waals surface area contributed by atoms with E-state index in [0.717, 1.165) is 16.1 Å². The largest absolute Gasteiger partial charge is 0.315 e. The normalized spacial score (nSPS) is 10.8. The number of sulfonamides is 1. The Balaban J connectivity index is 2.25. The molecule has 0 saturated carbocycles. The molecule has 2 rings (SSSR count). The highest BCUT2D eigenvalue weighted by Crippen LogP contribution is 2.24. The van der Waals surface area contributed by atoms with E-state index in [9.17, 15) is 13.2 Å². The van der Waals surface area contributed by atoms with Crippen molar-refractivity contribution in [3.63, 3.8) is 0 Å². The van der Waals surface area contributed by atoms with E-state index in [4.69, 9.17) is 5.26 Å². The van der Waals surface area contributed by atoms with Gasteiger partial charge in [0.05, 0.1) is 17.5 Å². The SMILES string of the molecule is Cc1ccccc1N(CC(=O)Nc1sccc1C#N)S(C)(=O)=O. The Hall–Kier alpha value is -2.37. The van der Waals surface area contributed by atoms with Crippen molar-refractivity contribution in [2.75, 3.05) is 22.4 Å². The summed E-state index contributed by atoms with van der Waals surface area (Å²) < 4.78 is 25.1. The van der Waals surface area contributed by atoms with E-state index in [1.54, 1.807) is 42.6 Å². The highest BCUT2D eigenvalue weighted by molar-refractivity contribution is 7.92. The molecule has 6 nitrogen and oxygen atoms in total. The predicted molar refractivity (Wildman–Crippen MR) is 91.0 cm³/mol. The van der Waals surface area contributed by atoms with Crippen LogP contribution in [0, 0.1) is 18.3 Å². The average molecular weight is 349 g/mol. The summed E-state index contributed by atoms with van der Waals surface area (Å²) in [6, 6.07) is 10.5. The molecule has 1 amide bonds. The Kier molecular flexibility index (Phi) is 5.03. The summed E-state index contributed by atoms with van der Waals surface area (Å²) in [6.07, 6.45) is 1.05. The fraction of sp³-hybridized carbons (Fsp3) is 0.200. The van der Waals surface area contributed by atoms with Gasteiger partial charge in [-0.05, 0) is 30.0 Å². The van der Waals surface area contributed by atoms with E-state index < -0.39 is 15.9 Å². The Morgan fingerprint density at radius 2 is 2.04 bits per heavy atom. The van der Waals surface area contributed by atoms with Crippen LogP contribution in [-0.2, 0) is 14.8 Å². The number of para-hydroxylation sites is 1. The van der Waals surface area contributed by atoms with Crippen LogP contribution in [0.1, 0.15) is 11.1 Å². The second kappa shape index (κ2) is 6.81. The van der Waals surface area contributed by atoms with E-state index in [2.05, 4.69) is 5.32 Å². The van der Waals surface area contributed by atoms with Crippen LogP contribution in [0.2, 0.25) is 0 Å². The first kappa shape index (κ1) is 17.0. The van der Waals surface area contributed by atoms with Crippen molar-refractivity contribution in [2.45, 2.75) is 6.92 Å².